The SMILES string of the molecule is Nc1nc2c(ncn2[C@]2(Br)O[C@H](COP(=O)(O)O)[C@@H](O)[C@H]2O)c(=O)[nH]1. The number of phosphoric ester groups is 1. The number of H-pyrrole nitrogens is 1. The van der Waals surface area contributed by atoms with Gasteiger partial charge in [-0.1, -0.05) is 0 Å². The summed E-state index contributed by atoms with van der Waals surface area (Å²) in [5, 5.41) is 20.4. The summed E-state index contributed by atoms with van der Waals surface area (Å²) in [7, 11) is -4.80. The second kappa shape index (κ2) is 6.10. The molecule has 0 aromatic carbocycles. The molecule has 0 amide bonds. The lowest BCUT2D eigenvalue weighted by Crippen LogP contribution is -2.40. The number of halogens is 1. The molecule has 2 aromatic rings. The lowest BCUT2D eigenvalue weighted by Gasteiger charge is -2.27. The summed E-state index contributed by atoms with van der Waals surface area (Å²) in [4.78, 5) is 39.4. The van der Waals surface area contributed by atoms with Crippen LogP contribution in [0, 0.1) is 0 Å². The number of ether oxygens (including phenoxy) is 1. The summed E-state index contributed by atoms with van der Waals surface area (Å²) >= 11 is 3.12. The molecule has 1 aliphatic heterocycles. The molecule has 0 spiro atoms. The molecule has 3 rings (SSSR count). The number of nitrogens with zero attached hydrogens (tertiary/aromatic N) is 3. The number of anilines is 1. The number of fused-ring (bicyclic) bond motifs is 1. The Balaban J connectivity index is 1.99. The lowest BCUT2D eigenvalue weighted by molar-refractivity contribution is -0.0715. The molecule has 4 atom stereocenters. The molecule has 1 aliphatic rings. The predicted octanol–water partition coefficient (Wildman–Crippen LogP) is -2.06. The van der Waals surface area contributed by atoms with Crippen LogP contribution in [0.25, 0.3) is 11.2 Å². The van der Waals surface area contributed by atoms with Crippen molar-refractivity contribution in [2.45, 2.75) is 22.9 Å². The Labute approximate surface area is 146 Å². The van der Waals surface area contributed by atoms with Gasteiger partial charge in [0.1, 0.15) is 24.6 Å². The zero-order valence-corrected chi connectivity index (χ0v) is 14.7. The number of alkyl halides is 1. The van der Waals surface area contributed by atoms with E-state index in [1.807, 2.05) is 0 Å². The van der Waals surface area contributed by atoms with E-state index < -0.39 is 42.9 Å². The monoisotopic (exact) mass is 441 g/mol. The Morgan fingerprint density at radius 1 is 1.52 bits per heavy atom. The average Bonchev–Trinajstić information content (AvgIpc) is 3.01. The minimum absolute atomic E-state index is 0.0408. The quantitative estimate of drug-likeness (QED) is 0.224. The van der Waals surface area contributed by atoms with Crippen molar-refractivity contribution in [2.24, 2.45) is 0 Å². The number of nitrogens with one attached hydrogen (secondary N) is 1. The predicted molar refractivity (Wildman–Crippen MR) is 84.3 cm³/mol. The number of rotatable bonds is 4. The van der Waals surface area contributed by atoms with E-state index in [0.29, 0.717) is 0 Å². The van der Waals surface area contributed by atoms with Crippen LogP contribution in [0.5, 0.6) is 0 Å². The molecule has 138 valence electrons. The van der Waals surface area contributed by atoms with Crippen LogP contribution < -0.4 is 11.3 Å². The number of aliphatic hydroxyl groups excluding tert-OH is 2. The minimum Gasteiger partial charge on any atom is -0.387 e. The number of hydrogen-bond donors (Lipinski definition) is 6. The summed E-state index contributed by atoms with van der Waals surface area (Å²) < 4.78 is 19.9. The van der Waals surface area contributed by atoms with E-state index in [4.69, 9.17) is 20.3 Å². The van der Waals surface area contributed by atoms with E-state index in [0.717, 1.165) is 10.9 Å². The minimum atomic E-state index is -4.80. The second-order valence-corrected chi connectivity index (χ2v) is 7.60. The molecule has 2 aromatic heterocycles. The summed E-state index contributed by atoms with van der Waals surface area (Å²) in [6, 6.07) is 0. The molecule has 0 radical (unpaired) electrons. The molecule has 13 nitrogen and oxygen atoms in total. The van der Waals surface area contributed by atoms with E-state index >= 15 is 0 Å². The van der Waals surface area contributed by atoms with Crippen molar-refractivity contribution in [3.05, 3.63) is 16.7 Å². The van der Waals surface area contributed by atoms with Gasteiger partial charge in [-0.2, -0.15) is 4.98 Å². The van der Waals surface area contributed by atoms with Crippen LogP contribution in [-0.4, -0.2) is 64.4 Å². The molecule has 1 saturated heterocycles. The number of aromatic nitrogens is 4. The third-order valence-corrected chi connectivity index (χ3v) is 5.07. The van der Waals surface area contributed by atoms with Crippen LogP contribution in [0.2, 0.25) is 0 Å². The standard InChI is InChI=1S/C10H13BrN5O8P/c11-10(6(18)5(17)3(24-10)1-23-25(20,21)22)16-2-13-4-7(16)14-9(12)15-8(4)19/h2-3,5-6,17-18H,1H2,(H2,20,21,22)(H3,12,14,15,19)/t3-,5-,6-,10+/m1/s1. The number of hydrogen-bond acceptors (Lipinski definition) is 9. The number of aromatic amines is 1. The number of imidazole rings is 1. The fourth-order valence-electron chi connectivity index (χ4n) is 2.42. The lowest BCUT2D eigenvalue weighted by atomic mass is 10.1. The van der Waals surface area contributed by atoms with Crippen molar-refractivity contribution >= 4 is 40.9 Å². The molecule has 3 heterocycles. The molecule has 0 saturated carbocycles. The van der Waals surface area contributed by atoms with Gasteiger partial charge in [-0.25, -0.2) is 9.55 Å². The third-order valence-electron chi connectivity index (χ3n) is 3.55. The smallest absolute Gasteiger partial charge is 0.387 e. The number of phosphoric acid groups is 1. The van der Waals surface area contributed by atoms with Crippen LogP contribution >= 0.6 is 23.8 Å². The Bertz CT molecular complexity index is 912. The molecule has 15 heteroatoms. The Morgan fingerprint density at radius 3 is 2.84 bits per heavy atom. The highest BCUT2D eigenvalue weighted by Gasteiger charge is 2.55. The maximum Gasteiger partial charge on any atom is 0.469 e. The maximum atomic E-state index is 11.8. The van der Waals surface area contributed by atoms with Crippen molar-refractivity contribution in [1.82, 2.24) is 19.5 Å². The molecular weight excluding hydrogens is 429 g/mol. The van der Waals surface area contributed by atoms with E-state index in [2.05, 4.69) is 35.4 Å². The van der Waals surface area contributed by atoms with Gasteiger partial charge < -0.3 is 30.5 Å². The van der Waals surface area contributed by atoms with Crippen LogP contribution in [0.15, 0.2) is 11.1 Å². The Kier molecular flexibility index (Phi) is 4.50. The van der Waals surface area contributed by atoms with Gasteiger partial charge in [-0.15, -0.1) is 0 Å². The first-order valence-electron chi connectivity index (χ1n) is 6.69. The molecule has 1 fully saturated rings. The zero-order chi connectivity index (χ0) is 18.6. The van der Waals surface area contributed by atoms with E-state index in [-0.39, 0.29) is 17.1 Å². The van der Waals surface area contributed by atoms with E-state index in [9.17, 15) is 19.6 Å². The van der Waals surface area contributed by atoms with Gasteiger partial charge in [-0.05, 0) is 15.9 Å². The highest BCUT2D eigenvalue weighted by atomic mass is 79.9. The number of aliphatic hydroxyl groups is 2. The van der Waals surface area contributed by atoms with Crippen molar-refractivity contribution in [3.63, 3.8) is 0 Å². The first kappa shape index (κ1) is 18.4. The van der Waals surface area contributed by atoms with E-state index in [1.165, 1.54) is 0 Å². The van der Waals surface area contributed by atoms with Crippen molar-refractivity contribution in [1.29, 1.82) is 0 Å². The summed E-state index contributed by atoms with van der Waals surface area (Å²) in [5.74, 6) is -0.204. The number of nitrogen functional groups attached to an aromatic ring is 1. The average molecular weight is 442 g/mol. The normalized spacial score (nSPS) is 30.2. The van der Waals surface area contributed by atoms with Gasteiger partial charge in [0.05, 0.1) is 6.61 Å². The van der Waals surface area contributed by atoms with Crippen LogP contribution in [0.3, 0.4) is 0 Å². The van der Waals surface area contributed by atoms with Gasteiger partial charge in [0.15, 0.2) is 11.2 Å². The van der Waals surface area contributed by atoms with Crippen LogP contribution in [-0.2, 0) is 18.5 Å². The van der Waals surface area contributed by atoms with Gasteiger partial charge in [-0.3, -0.25) is 18.9 Å². The fourth-order valence-corrected chi connectivity index (χ4v) is 3.53. The van der Waals surface area contributed by atoms with Gasteiger partial charge in [0.25, 0.3) is 5.56 Å². The molecular formula is C10H13BrN5O8P. The van der Waals surface area contributed by atoms with Crippen LogP contribution in [0.4, 0.5) is 5.95 Å². The molecule has 0 aliphatic carbocycles. The highest BCUT2D eigenvalue weighted by molar-refractivity contribution is 9.09. The number of nitrogens with two attached hydrogens (primary N) is 1. The van der Waals surface area contributed by atoms with Crippen molar-refractivity contribution in [3.8, 4) is 0 Å². The third kappa shape index (κ3) is 3.22. The molecule has 0 unspecified atom stereocenters. The summed E-state index contributed by atoms with van der Waals surface area (Å²) in [5.41, 5.74) is 4.75. The topological polar surface area (TPSA) is 206 Å². The van der Waals surface area contributed by atoms with Gasteiger partial charge in [0.2, 0.25) is 10.6 Å². The first-order chi connectivity index (χ1) is 11.5. The van der Waals surface area contributed by atoms with Crippen LogP contribution in [0.1, 0.15) is 0 Å². The molecule has 0 bridgehead atoms. The Hall–Kier alpha value is -1.38. The fraction of sp³-hybridized carbons (Fsp3) is 0.500. The van der Waals surface area contributed by atoms with Crippen molar-refractivity contribution in [2.75, 3.05) is 12.3 Å². The van der Waals surface area contributed by atoms with Gasteiger partial charge in [0, 0.05) is 0 Å². The van der Waals surface area contributed by atoms with Crippen molar-refractivity contribution < 1.29 is 33.8 Å². The van der Waals surface area contributed by atoms with E-state index in [1.54, 1.807) is 0 Å². The summed E-state index contributed by atoms with van der Waals surface area (Å²) in [6.45, 7) is -0.696. The second-order valence-electron chi connectivity index (χ2n) is 5.23. The highest BCUT2D eigenvalue weighted by Crippen LogP contribution is 2.44. The van der Waals surface area contributed by atoms with Gasteiger partial charge >= 0.3 is 7.82 Å². The molecule has 7 N–H and O–H groups in total. The Morgan fingerprint density at radius 2 is 2.20 bits per heavy atom. The maximum absolute atomic E-state index is 11.8. The zero-order valence-electron chi connectivity index (χ0n) is 12.2. The largest absolute Gasteiger partial charge is 0.469 e. The summed E-state index contributed by atoms with van der Waals surface area (Å²) in [6.07, 6.45) is -3.34. The molecule has 25 heavy (non-hydrogen) atoms. The first-order valence-corrected chi connectivity index (χ1v) is 9.01.